The van der Waals surface area contributed by atoms with E-state index < -0.39 is 0 Å². The molecule has 4 aromatic rings. The number of halogens is 1. The zero-order valence-corrected chi connectivity index (χ0v) is 22.3. The molecule has 0 aromatic heterocycles. The predicted octanol–water partition coefficient (Wildman–Crippen LogP) is 9.15. The second kappa shape index (κ2) is 11.9. The standard InChI is InChI=1S/C34H32ClNO/c1-23(2)33(34(27-14-10-24(3)11-15-27)28-16-12-25(4)13-17-28)32(37)22-31(26-18-20-29(35)21-19-26)36-30-8-6-5-7-9-30/h5-21,31,36H,1,22H2,2-4H3. The van der Waals surface area contributed by atoms with E-state index in [9.17, 15) is 4.79 Å². The van der Waals surface area contributed by atoms with Crippen molar-refractivity contribution >= 4 is 28.6 Å². The van der Waals surface area contributed by atoms with E-state index in [4.69, 9.17) is 11.6 Å². The maximum absolute atomic E-state index is 14.2. The van der Waals surface area contributed by atoms with Gasteiger partial charge in [-0.1, -0.05) is 108 Å². The fourth-order valence-corrected chi connectivity index (χ4v) is 4.58. The highest BCUT2D eigenvalue weighted by Gasteiger charge is 2.24. The fraction of sp³-hybridized carbons (Fsp3) is 0.147. The van der Waals surface area contributed by atoms with Gasteiger partial charge in [0.25, 0.3) is 0 Å². The molecule has 4 rings (SSSR count). The van der Waals surface area contributed by atoms with Gasteiger partial charge in [-0.3, -0.25) is 4.79 Å². The molecule has 0 heterocycles. The van der Waals surface area contributed by atoms with Gasteiger partial charge in [-0.25, -0.2) is 0 Å². The SMILES string of the molecule is C=C(C)C(C(=O)CC(Nc1ccccc1)c1ccc(Cl)cc1)=C(c1ccc(C)cc1)c1ccc(C)cc1. The van der Waals surface area contributed by atoms with Crippen molar-refractivity contribution in [1.29, 1.82) is 0 Å². The molecule has 1 N–H and O–H groups in total. The third-order valence-electron chi connectivity index (χ3n) is 6.41. The molecule has 1 atom stereocenters. The molecule has 0 aliphatic heterocycles. The van der Waals surface area contributed by atoms with Crippen molar-refractivity contribution < 1.29 is 4.79 Å². The number of allylic oxidation sites excluding steroid dienone is 2. The molecule has 3 heteroatoms. The average molecular weight is 506 g/mol. The first-order chi connectivity index (χ1) is 17.8. The van der Waals surface area contributed by atoms with Crippen LogP contribution in [0.15, 0.2) is 121 Å². The van der Waals surface area contributed by atoms with Crippen molar-refractivity contribution in [2.45, 2.75) is 33.2 Å². The van der Waals surface area contributed by atoms with Gasteiger partial charge in [0.05, 0.1) is 6.04 Å². The molecule has 0 radical (unpaired) electrons. The minimum atomic E-state index is -0.237. The van der Waals surface area contributed by atoms with Crippen LogP contribution in [-0.4, -0.2) is 5.78 Å². The molecular formula is C34H32ClNO. The van der Waals surface area contributed by atoms with E-state index in [1.54, 1.807) is 0 Å². The average Bonchev–Trinajstić information content (AvgIpc) is 2.89. The second-order valence-electron chi connectivity index (χ2n) is 9.50. The number of benzene rings is 4. The second-order valence-corrected chi connectivity index (χ2v) is 9.94. The third-order valence-corrected chi connectivity index (χ3v) is 6.66. The number of Topliss-reactive ketones (excluding diaryl/α,β-unsaturated/α-hetero) is 1. The molecule has 0 amide bonds. The zero-order valence-electron chi connectivity index (χ0n) is 21.6. The Morgan fingerprint density at radius 3 is 1.78 bits per heavy atom. The number of rotatable bonds is 9. The van der Waals surface area contributed by atoms with Crippen LogP contribution in [0.4, 0.5) is 5.69 Å². The van der Waals surface area contributed by atoms with Gasteiger partial charge < -0.3 is 5.32 Å². The minimum Gasteiger partial charge on any atom is -0.378 e. The number of nitrogens with one attached hydrogen (secondary N) is 1. The van der Waals surface area contributed by atoms with E-state index in [1.807, 2.05) is 61.5 Å². The van der Waals surface area contributed by atoms with Gasteiger partial charge in [-0.2, -0.15) is 0 Å². The molecule has 1 unspecified atom stereocenters. The molecule has 0 aliphatic carbocycles. The predicted molar refractivity (Wildman–Crippen MR) is 157 cm³/mol. The number of hydrogen-bond donors (Lipinski definition) is 1. The molecule has 0 saturated carbocycles. The van der Waals surface area contributed by atoms with Gasteiger partial charge in [0.15, 0.2) is 5.78 Å². The lowest BCUT2D eigenvalue weighted by atomic mass is 9.85. The van der Waals surface area contributed by atoms with Crippen LogP contribution in [-0.2, 0) is 4.79 Å². The van der Waals surface area contributed by atoms with Crippen molar-refractivity contribution in [1.82, 2.24) is 0 Å². The van der Waals surface area contributed by atoms with Gasteiger partial charge in [-0.05, 0) is 72.9 Å². The summed E-state index contributed by atoms with van der Waals surface area (Å²) in [5.74, 6) is 0.0343. The van der Waals surface area contributed by atoms with Crippen LogP contribution in [0.25, 0.3) is 5.57 Å². The van der Waals surface area contributed by atoms with Gasteiger partial charge >= 0.3 is 0 Å². The summed E-state index contributed by atoms with van der Waals surface area (Å²) in [6, 6.07) is 34.0. The topological polar surface area (TPSA) is 29.1 Å². The van der Waals surface area contributed by atoms with E-state index in [1.165, 1.54) is 11.1 Å². The van der Waals surface area contributed by atoms with Crippen LogP contribution in [0.3, 0.4) is 0 Å². The molecular weight excluding hydrogens is 474 g/mol. The molecule has 2 nitrogen and oxygen atoms in total. The maximum Gasteiger partial charge on any atom is 0.166 e. The molecule has 0 aliphatic rings. The van der Waals surface area contributed by atoms with E-state index in [0.29, 0.717) is 10.6 Å². The number of carbonyl (C=O) groups is 1. The first kappa shape index (κ1) is 26.2. The Bertz CT molecular complexity index is 1350. The molecule has 37 heavy (non-hydrogen) atoms. The highest BCUT2D eigenvalue weighted by molar-refractivity contribution is 6.30. The summed E-state index contributed by atoms with van der Waals surface area (Å²) in [6.07, 6.45) is 0.264. The summed E-state index contributed by atoms with van der Waals surface area (Å²) in [7, 11) is 0. The Morgan fingerprint density at radius 1 is 0.784 bits per heavy atom. The number of anilines is 1. The highest BCUT2D eigenvalue weighted by Crippen LogP contribution is 2.34. The Hall–Kier alpha value is -3.88. The molecule has 0 spiro atoms. The summed E-state index contributed by atoms with van der Waals surface area (Å²) >= 11 is 6.17. The molecule has 0 saturated heterocycles. The number of ketones is 1. The van der Waals surface area contributed by atoms with Crippen LogP contribution in [0.5, 0.6) is 0 Å². The van der Waals surface area contributed by atoms with Gasteiger partial charge in [-0.15, -0.1) is 0 Å². The van der Waals surface area contributed by atoms with Crippen LogP contribution in [0.2, 0.25) is 5.02 Å². The molecule has 186 valence electrons. The summed E-state index contributed by atoms with van der Waals surface area (Å²) in [4.78, 5) is 14.2. The highest BCUT2D eigenvalue weighted by atomic mass is 35.5. The normalized spacial score (nSPS) is 11.5. The summed E-state index contributed by atoms with van der Waals surface area (Å²) in [5.41, 5.74) is 8.60. The fourth-order valence-electron chi connectivity index (χ4n) is 4.46. The lowest BCUT2D eigenvalue weighted by molar-refractivity contribution is -0.115. The van der Waals surface area contributed by atoms with E-state index in [0.717, 1.165) is 33.5 Å². The smallest absolute Gasteiger partial charge is 0.166 e. The minimum absolute atomic E-state index is 0.0343. The Morgan fingerprint density at radius 2 is 1.30 bits per heavy atom. The number of aryl methyl sites for hydroxylation is 2. The quantitative estimate of drug-likeness (QED) is 0.181. The molecule has 0 fully saturated rings. The van der Waals surface area contributed by atoms with Crippen molar-refractivity contribution in [3.05, 3.63) is 154 Å². The van der Waals surface area contributed by atoms with Crippen LogP contribution in [0, 0.1) is 13.8 Å². The van der Waals surface area contributed by atoms with E-state index >= 15 is 0 Å². The van der Waals surface area contributed by atoms with Crippen LogP contribution < -0.4 is 5.32 Å². The van der Waals surface area contributed by atoms with E-state index in [2.05, 4.69) is 74.3 Å². The van der Waals surface area contributed by atoms with Crippen molar-refractivity contribution in [2.75, 3.05) is 5.32 Å². The maximum atomic E-state index is 14.2. The van der Waals surface area contributed by atoms with Gasteiger partial charge in [0, 0.05) is 22.7 Å². The van der Waals surface area contributed by atoms with E-state index in [-0.39, 0.29) is 18.2 Å². The monoisotopic (exact) mass is 505 g/mol. The summed E-state index contributed by atoms with van der Waals surface area (Å²) in [5, 5.41) is 4.22. The zero-order chi connectivity index (χ0) is 26.4. The molecule has 4 aromatic carbocycles. The lowest BCUT2D eigenvalue weighted by Gasteiger charge is -2.23. The Labute approximate surface area is 225 Å². The Balaban J connectivity index is 1.81. The van der Waals surface area contributed by atoms with Crippen LogP contribution in [0.1, 0.15) is 47.2 Å². The molecule has 0 bridgehead atoms. The van der Waals surface area contributed by atoms with Crippen LogP contribution >= 0.6 is 11.6 Å². The summed E-state index contributed by atoms with van der Waals surface area (Å²) < 4.78 is 0. The van der Waals surface area contributed by atoms with Crippen molar-refractivity contribution in [3.63, 3.8) is 0 Å². The number of carbonyl (C=O) groups excluding carboxylic acids is 1. The summed E-state index contributed by atoms with van der Waals surface area (Å²) in [6.45, 7) is 10.3. The first-order valence-electron chi connectivity index (χ1n) is 12.5. The van der Waals surface area contributed by atoms with Crippen molar-refractivity contribution in [3.8, 4) is 0 Å². The number of hydrogen-bond acceptors (Lipinski definition) is 2. The number of para-hydroxylation sites is 1. The first-order valence-corrected chi connectivity index (χ1v) is 12.8. The van der Waals surface area contributed by atoms with Gasteiger partial charge in [0.2, 0.25) is 0 Å². The Kier molecular flexibility index (Phi) is 8.43. The lowest BCUT2D eigenvalue weighted by Crippen LogP contribution is -2.18. The van der Waals surface area contributed by atoms with Gasteiger partial charge in [0.1, 0.15) is 0 Å². The van der Waals surface area contributed by atoms with Crippen molar-refractivity contribution in [2.24, 2.45) is 0 Å². The third kappa shape index (κ3) is 6.67. The largest absolute Gasteiger partial charge is 0.378 e.